The summed E-state index contributed by atoms with van der Waals surface area (Å²) in [7, 11) is 2.08. The summed E-state index contributed by atoms with van der Waals surface area (Å²) >= 11 is 0. The van der Waals surface area contributed by atoms with Crippen molar-refractivity contribution in [3.05, 3.63) is 60.2 Å². The van der Waals surface area contributed by atoms with Gasteiger partial charge in [0.05, 0.1) is 11.4 Å². The van der Waals surface area contributed by atoms with Crippen LogP contribution in [0, 0.1) is 0 Å². The Kier molecular flexibility index (Phi) is 8.05. The van der Waals surface area contributed by atoms with E-state index in [-0.39, 0.29) is 24.8 Å². The van der Waals surface area contributed by atoms with Crippen LogP contribution in [0.2, 0.25) is 0 Å². The van der Waals surface area contributed by atoms with Gasteiger partial charge < -0.3 is 10.6 Å². The molecule has 104 valence electrons. The Hall–Kier alpha value is -1.38. The zero-order valence-electron chi connectivity index (χ0n) is 11.0. The maximum atomic E-state index is 5.95. The number of nitrogens with two attached hydrogens (primary N) is 1. The van der Waals surface area contributed by atoms with Gasteiger partial charge in [0.25, 0.3) is 0 Å². The summed E-state index contributed by atoms with van der Waals surface area (Å²) in [5.74, 6) is 0. The highest BCUT2D eigenvalue weighted by Crippen LogP contribution is 2.21. The fourth-order valence-electron chi connectivity index (χ4n) is 1.90. The van der Waals surface area contributed by atoms with Gasteiger partial charge in [-0.3, -0.25) is 0 Å². The average Bonchev–Trinajstić information content (AvgIpc) is 2.38. The van der Waals surface area contributed by atoms with Crippen LogP contribution in [0.1, 0.15) is 5.56 Å². The molecular formula is C15H20Cl2N2. The van der Waals surface area contributed by atoms with Crippen molar-refractivity contribution in [2.75, 3.05) is 24.2 Å². The first-order valence-electron chi connectivity index (χ1n) is 5.87. The molecule has 0 saturated heterocycles. The van der Waals surface area contributed by atoms with Gasteiger partial charge in [-0.15, -0.1) is 24.8 Å². The summed E-state index contributed by atoms with van der Waals surface area (Å²) in [5.41, 5.74) is 9.24. The lowest BCUT2D eigenvalue weighted by atomic mass is 10.1. The third kappa shape index (κ3) is 5.01. The average molecular weight is 299 g/mol. The summed E-state index contributed by atoms with van der Waals surface area (Å²) in [6.45, 7) is 0.970. The van der Waals surface area contributed by atoms with Gasteiger partial charge in [-0.25, -0.2) is 0 Å². The highest BCUT2D eigenvalue weighted by atomic mass is 35.5. The molecule has 2 nitrogen and oxygen atoms in total. The third-order valence-electron chi connectivity index (χ3n) is 2.93. The Morgan fingerprint density at radius 2 is 1.47 bits per heavy atom. The van der Waals surface area contributed by atoms with Gasteiger partial charge in [-0.2, -0.15) is 0 Å². The predicted molar refractivity (Wildman–Crippen MR) is 88.8 cm³/mol. The molecule has 0 unspecified atom stereocenters. The second-order valence-electron chi connectivity index (χ2n) is 4.22. The summed E-state index contributed by atoms with van der Waals surface area (Å²) in [5, 5.41) is 0. The molecule has 0 bridgehead atoms. The van der Waals surface area contributed by atoms with E-state index >= 15 is 0 Å². The lowest BCUT2D eigenvalue weighted by Crippen LogP contribution is -2.21. The first-order valence-corrected chi connectivity index (χ1v) is 5.87. The van der Waals surface area contributed by atoms with Gasteiger partial charge in [0.15, 0.2) is 0 Å². The predicted octanol–water partition coefficient (Wildman–Crippen LogP) is 3.79. The first-order chi connectivity index (χ1) is 8.27. The van der Waals surface area contributed by atoms with Crippen molar-refractivity contribution in [3.63, 3.8) is 0 Å². The van der Waals surface area contributed by atoms with E-state index in [1.165, 1.54) is 5.56 Å². The van der Waals surface area contributed by atoms with Crippen molar-refractivity contribution in [1.82, 2.24) is 0 Å². The van der Waals surface area contributed by atoms with Crippen LogP contribution in [-0.4, -0.2) is 13.6 Å². The van der Waals surface area contributed by atoms with Crippen molar-refractivity contribution >= 4 is 36.2 Å². The quantitative estimate of drug-likeness (QED) is 0.870. The minimum Gasteiger partial charge on any atom is -0.397 e. The molecule has 2 aromatic rings. The zero-order chi connectivity index (χ0) is 12.1. The Bertz CT molecular complexity index is 475. The Balaban J connectivity index is 0.00000162. The maximum Gasteiger partial charge on any atom is 0.0597 e. The number of rotatable bonds is 4. The van der Waals surface area contributed by atoms with Crippen molar-refractivity contribution < 1.29 is 0 Å². The molecule has 0 spiro atoms. The fourth-order valence-corrected chi connectivity index (χ4v) is 1.90. The molecule has 0 aliphatic heterocycles. The highest BCUT2D eigenvalue weighted by molar-refractivity contribution is 5.85. The summed E-state index contributed by atoms with van der Waals surface area (Å²) in [4.78, 5) is 2.20. The van der Waals surface area contributed by atoms with Crippen LogP contribution in [0.4, 0.5) is 11.4 Å². The monoisotopic (exact) mass is 298 g/mol. The van der Waals surface area contributed by atoms with Crippen LogP contribution in [0.15, 0.2) is 54.6 Å². The van der Waals surface area contributed by atoms with Gasteiger partial charge in [-0.1, -0.05) is 42.5 Å². The number of hydrogen-bond donors (Lipinski definition) is 1. The van der Waals surface area contributed by atoms with E-state index in [1.807, 2.05) is 24.3 Å². The first kappa shape index (κ1) is 17.6. The molecule has 0 heterocycles. The molecule has 2 N–H and O–H groups in total. The molecule has 0 aliphatic rings. The fraction of sp³-hybridized carbons (Fsp3) is 0.200. The molecule has 0 aromatic heterocycles. The summed E-state index contributed by atoms with van der Waals surface area (Å²) in [6, 6.07) is 18.5. The highest BCUT2D eigenvalue weighted by Gasteiger charge is 2.03. The molecule has 4 heteroatoms. The van der Waals surface area contributed by atoms with Gasteiger partial charge in [-0.05, 0) is 24.1 Å². The van der Waals surface area contributed by atoms with E-state index in [0.29, 0.717) is 0 Å². The van der Waals surface area contributed by atoms with Crippen LogP contribution < -0.4 is 10.6 Å². The van der Waals surface area contributed by atoms with E-state index in [9.17, 15) is 0 Å². The van der Waals surface area contributed by atoms with Crippen LogP contribution >= 0.6 is 24.8 Å². The SMILES string of the molecule is CN(CCc1ccccc1)c1ccccc1N.Cl.Cl. The molecule has 0 atom stereocenters. The minimum absolute atomic E-state index is 0. The van der Waals surface area contributed by atoms with E-state index in [2.05, 4.69) is 42.3 Å². The van der Waals surface area contributed by atoms with E-state index < -0.39 is 0 Å². The molecule has 0 radical (unpaired) electrons. The molecule has 2 rings (SSSR count). The maximum absolute atomic E-state index is 5.95. The van der Waals surface area contributed by atoms with Gasteiger partial charge in [0, 0.05) is 13.6 Å². The van der Waals surface area contributed by atoms with Crippen LogP contribution in [0.25, 0.3) is 0 Å². The molecule has 0 saturated carbocycles. The second-order valence-corrected chi connectivity index (χ2v) is 4.22. The summed E-state index contributed by atoms with van der Waals surface area (Å²) < 4.78 is 0. The largest absolute Gasteiger partial charge is 0.397 e. The van der Waals surface area contributed by atoms with E-state index in [4.69, 9.17) is 5.73 Å². The molecule has 19 heavy (non-hydrogen) atoms. The number of anilines is 2. The Morgan fingerprint density at radius 3 is 2.11 bits per heavy atom. The second kappa shape index (κ2) is 8.68. The van der Waals surface area contributed by atoms with Gasteiger partial charge >= 0.3 is 0 Å². The number of halogens is 2. The number of nitrogen functional groups attached to an aromatic ring is 1. The number of benzene rings is 2. The molecule has 0 amide bonds. The van der Waals surface area contributed by atoms with Gasteiger partial charge in [0.2, 0.25) is 0 Å². The lowest BCUT2D eigenvalue weighted by molar-refractivity contribution is 0.878. The Labute approximate surface area is 127 Å². The zero-order valence-corrected chi connectivity index (χ0v) is 12.6. The lowest BCUT2D eigenvalue weighted by Gasteiger charge is -2.20. The third-order valence-corrected chi connectivity index (χ3v) is 2.93. The van der Waals surface area contributed by atoms with Crippen LogP contribution in [-0.2, 0) is 6.42 Å². The van der Waals surface area contributed by atoms with Crippen molar-refractivity contribution in [2.24, 2.45) is 0 Å². The van der Waals surface area contributed by atoms with Crippen LogP contribution in [0.3, 0.4) is 0 Å². The van der Waals surface area contributed by atoms with Gasteiger partial charge in [0.1, 0.15) is 0 Å². The smallest absolute Gasteiger partial charge is 0.0597 e. The molecule has 2 aromatic carbocycles. The van der Waals surface area contributed by atoms with Crippen molar-refractivity contribution in [2.45, 2.75) is 6.42 Å². The standard InChI is InChI=1S/C15H18N2.2ClH/c1-17(15-10-6-5-9-14(15)16)12-11-13-7-3-2-4-8-13;;/h2-10H,11-12,16H2,1H3;2*1H. The number of hydrogen-bond acceptors (Lipinski definition) is 2. The molecular weight excluding hydrogens is 279 g/mol. The number of nitrogens with zero attached hydrogens (tertiary/aromatic N) is 1. The Morgan fingerprint density at radius 1 is 0.895 bits per heavy atom. The number of para-hydroxylation sites is 2. The van der Waals surface area contributed by atoms with Crippen LogP contribution in [0.5, 0.6) is 0 Å². The normalized spacial score (nSPS) is 9.11. The topological polar surface area (TPSA) is 29.3 Å². The van der Waals surface area contributed by atoms with Crippen molar-refractivity contribution in [1.29, 1.82) is 0 Å². The minimum atomic E-state index is 0. The van der Waals surface area contributed by atoms with E-state index in [0.717, 1.165) is 24.3 Å². The molecule has 0 aliphatic carbocycles. The van der Waals surface area contributed by atoms with E-state index in [1.54, 1.807) is 0 Å². The molecule has 0 fully saturated rings. The van der Waals surface area contributed by atoms with Crippen molar-refractivity contribution in [3.8, 4) is 0 Å². The summed E-state index contributed by atoms with van der Waals surface area (Å²) in [6.07, 6.45) is 1.03. The number of likely N-dealkylation sites (N-methyl/N-ethyl adjacent to an activating group) is 1.